The molecule has 12 heavy (non-hydrogen) atoms. The van der Waals surface area contributed by atoms with E-state index in [0.717, 1.165) is 0 Å². The van der Waals surface area contributed by atoms with E-state index >= 15 is 0 Å². The molecule has 1 aromatic heterocycles. The number of hydrogen-bond acceptors (Lipinski definition) is 3. The van der Waals surface area contributed by atoms with E-state index in [9.17, 15) is 4.79 Å². The fraction of sp³-hybridized carbons (Fsp3) is 0.429. The molecule has 66 valence electrons. The van der Waals surface area contributed by atoms with E-state index in [1.807, 2.05) is 0 Å². The summed E-state index contributed by atoms with van der Waals surface area (Å²) in [4.78, 5) is 14.1. The van der Waals surface area contributed by atoms with Gasteiger partial charge in [0.15, 0.2) is 0 Å². The number of carbonyl (C=O) groups is 1. The summed E-state index contributed by atoms with van der Waals surface area (Å²) >= 11 is 0. The van der Waals surface area contributed by atoms with Crippen LogP contribution >= 0.6 is 0 Å². The van der Waals surface area contributed by atoms with Crippen molar-refractivity contribution in [2.24, 2.45) is 0 Å². The average molecular weight is 170 g/mol. The Bertz CT molecular complexity index is 280. The van der Waals surface area contributed by atoms with Gasteiger partial charge in [-0.05, 0) is 6.92 Å². The van der Waals surface area contributed by atoms with Gasteiger partial charge in [0, 0.05) is 12.4 Å². The number of aliphatic hydroxyl groups excluding tert-OH is 1. The van der Waals surface area contributed by atoms with Crippen LogP contribution in [0.2, 0.25) is 0 Å². The first-order valence-corrected chi connectivity index (χ1v) is 3.53. The van der Waals surface area contributed by atoms with Crippen molar-refractivity contribution in [2.75, 3.05) is 0 Å². The van der Waals surface area contributed by atoms with Gasteiger partial charge in [0.05, 0.1) is 12.6 Å². The molecule has 0 aliphatic rings. The lowest BCUT2D eigenvalue weighted by Crippen LogP contribution is -2.16. The van der Waals surface area contributed by atoms with Gasteiger partial charge in [-0.25, -0.2) is 9.78 Å². The van der Waals surface area contributed by atoms with Gasteiger partial charge in [-0.15, -0.1) is 0 Å². The minimum absolute atomic E-state index is 0.0455. The van der Waals surface area contributed by atoms with Crippen molar-refractivity contribution in [3.63, 3.8) is 0 Å². The Morgan fingerprint density at radius 2 is 2.50 bits per heavy atom. The highest BCUT2D eigenvalue weighted by atomic mass is 16.4. The number of nitrogens with zero attached hydrogens (tertiary/aromatic N) is 2. The quantitative estimate of drug-likeness (QED) is 0.667. The van der Waals surface area contributed by atoms with Crippen molar-refractivity contribution in [3.05, 3.63) is 18.2 Å². The number of rotatable bonds is 3. The van der Waals surface area contributed by atoms with Gasteiger partial charge in [0.1, 0.15) is 0 Å². The Labute approximate surface area is 69.3 Å². The van der Waals surface area contributed by atoms with E-state index in [4.69, 9.17) is 10.2 Å². The molecule has 0 amide bonds. The molecule has 0 bridgehead atoms. The van der Waals surface area contributed by atoms with Gasteiger partial charge in [-0.2, -0.15) is 0 Å². The first kappa shape index (κ1) is 8.73. The van der Waals surface area contributed by atoms with Gasteiger partial charge in [0.2, 0.25) is 5.82 Å². The summed E-state index contributed by atoms with van der Waals surface area (Å²) in [7, 11) is 0. The molecule has 1 heterocycles. The molecule has 5 nitrogen and oxygen atoms in total. The summed E-state index contributed by atoms with van der Waals surface area (Å²) in [6.07, 6.45) is 2.35. The van der Waals surface area contributed by atoms with Gasteiger partial charge in [0.25, 0.3) is 0 Å². The minimum Gasteiger partial charge on any atom is -0.475 e. The molecule has 0 saturated carbocycles. The van der Waals surface area contributed by atoms with E-state index in [1.54, 1.807) is 6.92 Å². The van der Waals surface area contributed by atoms with E-state index in [2.05, 4.69) is 4.98 Å². The lowest BCUT2D eigenvalue weighted by Gasteiger charge is -2.06. The summed E-state index contributed by atoms with van der Waals surface area (Å²) in [6.45, 7) is 1.84. The first-order valence-electron chi connectivity index (χ1n) is 3.53. The van der Waals surface area contributed by atoms with E-state index in [-0.39, 0.29) is 12.4 Å². The number of aromatic nitrogens is 2. The summed E-state index contributed by atoms with van der Waals surface area (Å²) in [5.74, 6) is -1.13. The second kappa shape index (κ2) is 3.36. The monoisotopic (exact) mass is 170 g/mol. The zero-order chi connectivity index (χ0) is 9.14. The Hall–Kier alpha value is -1.36. The summed E-state index contributed by atoms with van der Waals surface area (Å²) in [6, 6.07) is 0. The number of aliphatic hydroxyl groups is 1. The van der Waals surface area contributed by atoms with Crippen molar-refractivity contribution in [3.8, 4) is 0 Å². The Kier molecular flexibility index (Phi) is 2.44. The van der Waals surface area contributed by atoms with Crippen LogP contribution in [0.1, 0.15) is 17.5 Å². The van der Waals surface area contributed by atoms with Gasteiger partial charge >= 0.3 is 5.97 Å². The molecule has 1 unspecified atom stereocenters. The van der Waals surface area contributed by atoms with Crippen LogP contribution in [0.5, 0.6) is 0 Å². The summed E-state index contributed by atoms with van der Waals surface area (Å²) in [5, 5.41) is 17.6. The minimum atomic E-state index is -1.08. The zero-order valence-electron chi connectivity index (χ0n) is 6.64. The molecule has 0 saturated heterocycles. The Morgan fingerprint density at radius 3 is 3.00 bits per heavy atom. The van der Waals surface area contributed by atoms with Crippen LogP contribution < -0.4 is 0 Å². The van der Waals surface area contributed by atoms with E-state index in [1.165, 1.54) is 17.0 Å². The van der Waals surface area contributed by atoms with E-state index in [0.29, 0.717) is 0 Å². The normalized spacial score (nSPS) is 12.8. The highest BCUT2D eigenvalue weighted by Gasteiger charge is 2.11. The molecular weight excluding hydrogens is 160 g/mol. The number of carboxylic acid groups (broad SMARTS) is 1. The van der Waals surface area contributed by atoms with Crippen molar-refractivity contribution < 1.29 is 15.0 Å². The van der Waals surface area contributed by atoms with Crippen LogP contribution in [0.4, 0.5) is 0 Å². The molecular formula is C7H10N2O3. The number of aromatic carboxylic acids is 1. The largest absolute Gasteiger partial charge is 0.475 e. The highest BCUT2D eigenvalue weighted by Crippen LogP contribution is 1.99. The maximum atomic E-state index is 10.5. The molecule has 1 atom stereocenters. The zero-order valence-corrected chi connectivity index (χ0v) is 6.64. The maximum absolute atomic E-state index is 10.5. The van der Waals surface area contributed by atoms with Crippen LogP contribution in [0, 0.1) is 0 Å². The van der Waals surface area contributed by atoms with Gasteiger partial charge in [-0.1, -0.05) is 0 Å². The predicted octanol–water partition coefficient (Wildman–Crippen LogP) is -0.0379. The fourth-order valence-electron chi connectivity index (χ4n) is 0.939. The Balaban J connectivity index is 2.84. The second-order valence-corrected chi connectivity index (χ2v) is 2.56. The van der Waals surface area contributed by atoms with Crippen LogP contribution in [0.15, 0.2) is 12.4 Å². The molecule has 0 fully saturated rings. The lowest BCUT2D eigenvalue weighted by atomic mass is 10.4. The van der Waals surface area contributed by atoms with Crippen LogP contribution in [0.25, 0.3) is 0 Å². The number of imidazole rings is 1. The molecule has 0 aromatic carbocycles. The molecule has 0 aliphatic carbocycles. The van der Waals surface area contributed by atoms with Gasteiger partial charge in [-0.3, -0.25) is 0 Å². The van der Waals surface area contributed by atoms with Crippen molar-refractivity contribution >= 4 is 5.97 Å². The van der Waals surface area contributed by atoms with Crippen LogP contribution in [0.3, 0.4) is 0 Å². The molecule has 0 radical (unpaired) electrons. The predicted molar refractivity (Wildman–Crippen MR) is 40.9 cm³/mol. The lowest BCUT2D eigenvalue weighted by molar-refractivity contribution is 0.0674. The maximum Gasteiger partial charge on any atom is 0.372 e. The molecule has 0 spiro atoms. The van der Waals surface area contributed by atoms with Gasteiger partial charge < -0.3 is 14.8 Å². The third kappa shape index (κ3) is 1.82. The van der Waals surface area contributed by atoms with Crippen LogP contribution in [-0.2, 0) is 6.54 Å². The van der Waals surface area contributed by atoms with Crippen molar-refractivity contribution in [1.29, 1.82) is 0 Å². The standard InChI is InChI=1S/C7H10N2O3/c1-5(10)4-9-3-2-8-6(9)7(11)12/h2-3,5,10H,4H2,1H3,(H,11,12). The topological polar surface area (TPSA) is 75.3 Å². The smallest absolute Gasteiger partial charge is 0.372 e. The summed E-state index contributed by atoms with van der Waals surface area (Å²) < 4.78 is 1.40. The molecule has 1 aromatic rings. The van der Waals surface area contributed by atoms with Crippen LogP contribution in [-0.4, -0.2) is 31.8 Å². The third-order valence-corrected chi connectivity index (χ3v) is 1.37. The third-order valence-electron chi connectivity index (χ3n) is 1.37. The van der Waals surface area contributed by atoms with E-state index < -0.39 is 12.1 Å². The van der Waals surface area contributed by atoms with Crippen molar-refractivity contribution in [2.45, 2.75) is 19.6 Å². The fourth-order valence-corrected chi connectivity index (χ4v) is 0.939. The molecule has 1 rings (SSSR count). The molecule has 0 aliphatic heterocycles. The number of carboxylic acids is 1. The highest BCUT2D eigenvalue weighted by molar-refractivity contribution is 5.83. The Morgan fingerprint density at radius 1 is 1.83 bits per heavy atom. The molecule has 2 N–H and O–H groups in total. The number of hydrogen-bond donors (Lipinski definition) is 2. The van der Waals surface area contributed by atoms with Crippen molar-refractivity contribution in [1.82, 2.24) is 9.55 Å². The second-order valence-electron chi connectivity index (χ2n) is 2.56. The first-order chi connectivity index (χ1) is 5.61. The average Bonchev–Trinajstić information content (AvgIpc) is 2.33. The summed E-state index contributed by atoms with van der Waals surface area (Å²) in [5.41, 5.74) is 0. The SMILES string of the molecule is CC(O)Cn1ccnc1C(=O)O. The molecule has 5 heteroatoms.